The van der Waals surface area contributed by atoms with Gasteiger partial charge in [-0.25, -0.2) is 0 Å². The summed E-state index contributed by atoms with van der Waals surface area (Å²) in [6, 6.07) is 13.4. The topological polar surface area (TPSA) is 21.3 Å². The van der Waals surface area contributed by atoms with Crippen LogP contribution in [0.15, 0.2) is 40.9 Å². The van der Waals surface area contributed by atoms with Crippen LogP contribution in [-0.2, 0) is 4.74 Å². The van der Waals surface area contributed by atoms with Crippen molar-refractivity contribution in [3.63, 3.8) is 0 Å². The highest BCUT2D eigenvalue weighted by molar-refractivity contribution is 9.10. The fourth-order valence-electron chi connectivity index (χ4n) is 3.14. The molecule has 2 atom stereocenters. The smallest absolute Gasteiger partial charge is 0.0594 e. The van der Waals surface area contributed by atoms with E-state index in [9.17, 15) is 0 Å². The van der Waals surface area contributed by atoms with Gasteiger partial charge in [0.2, 0.25) is 0 Å². The van der Waals surface area contributed by atoms with Crippen LogP contribution in [0.3, 0.4) is 0 Å². The van der Waals surface area contributed by atoms with Gasteiger partial charge in [-0.2, -0.15) is 0 Å². The SMILES string of the molecule is CCCC1CC(Nc2ccc(Br)c3ccccc23)CCO1. The van der Waals surface area contributed by atoms with Gasteiger partial charge >= 0.3 is 0 Å². The van der Waals surface area contributed by atoms with Gasteiger partial charge in [0.15, 0.2) is 0 Å². The molecule has 3 heteroatoms. The summed E-state index contributed by atoms with van der Waals surface area (Å²) in [6.07, 6.45) is 4.98. The Hall–Kier alpha value is -1.06. The van der Waals surface area contributed by atoms with E-state index in [-0.39, 0.29) is 0 Å². The average Bonchev–Trinajstić information content (AvgIpc) is 2.51. The van der Waals surface area contributed by atoms with Crippen molar-refractivity contribution in [1.29, 1.82) is 0 Å². The molecule has 2 unspecified atom stereocenters. The zero-order chi connectivity index (χ0) is 14.7. The van der Waals surface area contributed by atoms with Crippen LogP contribution in [0.4, 0.5) is 5.69 Å². The van der Waals surface area contributed by atoms with Crippen molar-refractivity contribution >= 4 is 32.4 Å². The number of rotatable bonds is 4. The van der Waals surface area contributed by atoms with Crippen LogP contribution >= 0.6 is 15.9 Å². The third-order valence-corrected chi connectivity index (χ3v) is 4.90. The molecule has 1 fully saturated rings. The van der Waals surface area contributed by atoms with Crippen molar-refractivity contribution in [2.24, 2.45) is 0 Å². The van der Waals surface area contributed by atoms with Crippen LogP contribution in [0, 0.1) is 0 Å². The van der Waals surface area contributed by atoms with E-state index in [1.54, 1.807) is 0 Å². The lowest BCUT2D eigenvalue weighted by Crippen LogP contribution is -2.34. The molecule has 0 radical (unpaired) electrons. The van der Waals surface area contributed by atoms with Crippen molar-refractivity contribution < 1.29 is 4.74 Å². The molecule has 112 valence electrons. The van der Waals surface area contributed by atoms with Crippen molar-refractivity contribution in [3.8, 4) is 0 Å². The summed E-state index contributed by atoms with van der Waals surface area (Å²) in [7, 11) is 0. The number of hydrogen-bond donors (Lipinski definition) is 1. The standard InChI is InChI=1S/C18H22BrNO/c1-2-5-14-12-13(10-11-21-14)20-18-9-8-17(19)15-6-3-4-7-16(15)18/h3-4,6-9,13-14,20H,2,5,10-12H2,1H3. The van der Waals surface area contributed by atoms with E-state index in [4.69, 9.17) is 4.74 Å². The van der Waals surface area contributed by atoms with E-state index in [0.29, 0.717) is 12.1 Å². The molecule has 1 saturated heterocycles. The lowest BCUT2D eigenvalue weighted by atomic mass is 9.99. The molecule has 0 spiro atoms. The molecule has 2 aromatic carbocycles. The summed E-state index contributed by atoms with van der Waals surface area (Å²) in [6.45, 7) is 3.10. The minimum Gasteiger partial charge on any atom is -0.382 e. The molecule has 2 aromatic rings. The molecule has 2 nitrogen and oxygen atoms in total. The number of anilines is 1. The first-order valence-electron chi connectivity index (χ1n) is 7.83. The molecular formula is C18H22BrNO. The summed E-state index contributed by atoms with van der Waals surface area (Å²) in [5.41, 5.74) is 1.23. The highest BCUT2D eigenvalue weighted by Crippen LogP contribution is 2.31. The molecule has 0 aromatic heterocycles. The third kappa shape index (κ3) is 3.41. The van der Waals surface area contributed by atoms with Crippen LogP contribution in [0.5, 0.6) is 0 Å². The third-order valence-electron chi connectivity index (χ3n) is 4.21. The molecule has 1 aliphatic heterocycles. The Morgan fingerprint density at radius 1 is 1.19 bits per heavy atom. The van der Waals surface area contributed by atoms with Crippen molar-refractivity contribution in [2.45, 2.75) is 44.8 Å². The maximum Gasteiger partial charge on any atom is 0.0594 e. The number of fused-ring (bicyclic) bond motifs is 1. The lowest BCUT2D eigenvalue weighted by molar-refractivity contribution is 0.00599. The Morgan fingerprint density at radius 3 is 2.81 bits per heavy atom. The molecule has 0 bridgehead atoms. The molecule has 3 rings (SSSR count). The molecule has 1 heterocycles. The quantitative estimate of drug-likeness (QED) is 0.803. The molecule has 1 N–H and O–H groups in total. The zero-order valence-electron chi connectivity index (χ0n) is 12.4. The monoisotopic (exact) mass is 347 g/mol. The van der Waals surface area contributed by atoms with Gasteiger partial charge in [-0.1, -0.05) is 53.5 Å². The average molecular weight is 348 g/mol. The fourth-order valence-corrected chi connectivity index (χ4v) is 3.62. The number of benzene rings is 2. The first-order chi connectivity index (χ1) is 10.3. The van der Waals surface area contributed by atoms with Crippen LogP contribution in [0.25, 0.3) is 10.8 Å². The van der Waals surface area contributed by atoms with Gasteiger partial charge in [0.25, 0.3) is 0 Å². The van der Waals surface area contributed by atoms with E-state index >= 15 is 0 Å². The Kier molecular flexibility index (Phi) is 4.81. The molecule has 0 saturated carbocycles. The van der Waals surface area contributed by atoms with Crippen LogP contribution in [-0.4, -0.2) is 18.8 Å². The maximum absolute atomic E-state index is 5.85. The van der Waals surface area contributed by atoms with Crippen molar-refractivity contribution in [1.82, 2.24) is 0 Å². The van der Waals surface area contributed by atoms with Gasteiger partial charge in [-0.05, 0) is 36.8 Å². The predicted octanol–water partition coefficient (Wildman–Crippen LogP) is 5.36. The van der Waals surface area contributed by atoms with E-state index in [0.717, 1.165) is 23.9 Å². The minimum atomic E-state index is 0.419. The highest BCUT2D eigenvalue weighted by Gasteiger charge is 2.22. The van der Waals surface area contributed by atoms with Gasteiger partial charge < -0.3 is 10.1 Å². The number of halogens is 1. The van der Waals surface area contributed by atoms with Gasteiger partial charge in [0.05, 0.1) is 6.10 Å². The molecule has 0 aliphatic carbocycles. The molecular weight excluding hydrogens is 326 g/mol. The second-order valence-electron chi connectivity index (χ2n) is 5.79. The Balaban J connectivity index is 1.80. The Labute approximate surface area is 135 Å². The Morgan fingerprint density at radius 2 is 2.00 bits per heavy atom. The van der Waals surface area contributed by atoms with E-state index in [1.165, 1.54) is 29.3 Å². The normalized spacial score (nSPS) is 22.4. The molecule has 21 heavy (non-hydrogen) atoms. The van der Waals surface area contributed by atoms with Crippen LogP contribution in [0.2, 0.25) is 0 Å². The predicted molar refractivity (Wildman–Crippen MR) is 92.9 cm³/mol. The van der Waals surface area contributed by atoms with Crippen LogP contribution < -0.4 is 5.32 Å². The fraction of sp³-hybridized carbons (Fsp3) is 0.444. The van der Waals surface area contributed by atoms with Gasteiger partial charge in [-0.15, -0.1) is 0 Å². The van der Waals surface area contributed by atoms with Gasteiger partial charge in [-0.3, -0.25) is 0 Å². The second kappa shape index (κ2) is 6.80. The summed E-state index contributed by atoms with van der Waals surface area (Å²) < 4.78 is 7.00. The van der Waals surface area contributed by atoms with Gasteiger partial charge in [0, 0.05) is 28.2 Å². The van der Waals surface area contributed by atoms with Crippen molar-refractivity contribution in [3.05, 3.63) is 40.9 Å². The summed E-state index contributed by atoms with van der Waals surface area (Å²) in [4.78, 5) is 0. The number of nitrogens with one attached hydrogen (secondary N) is 1. The first kappa shape index (κ1) is 14.9. The summed E-state index contributed by atoms with van der Waals surface area (Å²) in [5, 5.41) is 6.28. The summed E-state index contributed by atoms with van der Waals surface area (Å²) >= 11 is 3.64. The van der Waals surface area contributed by atoms with Crippen LogP contribution in [0.1, 0.15) is 32.6 Å². The maximum atomic E-state index is 5.85. The van der Waals surface area contributed by atoms with Gasteiger partial charge in [0.1, 0.15) is 0 Å². The van der Waals surface area contributed by atoms with E-state index in [2.05, 4.69) is 64.6 Å². The molecule has 0 amide bonds. The molecule has 1 aliphatic rings. The number of ether oxygens (including phenoxy) is 1. The lowest BCUT2D eigenvalue weighted by Gasteiger charge is -2.31. The highest BCUT2D eigenvalue weighted by atomic mass is 79.9. The van der Waals surface area contributed by atoms with E-state index < -0.39 is 0 Å². The number of hydrogen-bond acceptors (Lipinski definition) is 2. The summed E-state index contributed by atoms with van der Waals surface area (Å²) in [5.74, 6) is 0. The largest absolute Gasteiger partial charge is 0.382 e. The minimum absolute atomic E-state index is 0.419. The van der Waals surface area contributed by atoms with Crippen molar-refractivity contribution in [2.75, 3.05) is 11.9 Å². The second-order valence-corrected chi connectivity index (χ2v) is 6.64. The Bertz CT molecular complexity index is 611. The zero-order valence-corrected chi connectivity index (χ0v) is 14.0. The first-order valence-corrected chi connectivity index (χ1v) is 8.62. The van der Waals surface area contributed by atoms with E-state index in [1.807, 2.05) is 0 Å².